The van der Waals surface area contributed by atoms with Crippen LogP contribution in [0.3, 0.4) is 0 Å². The van der Waals surface area contributed by atoms with Crippen LogP contribution >= 0.6 is 23.6 Å². The van der Waals surface area contributed by atoms with Crippen molar-refractivity contribution in [3.05, 3.63) is 45.8 Å². The number of thiophene rings is 1. The molecule has 1 aliphatic carbocycles. The molecule has 0 radical (unpaired) electrons. The van der Waals surface area contributed by atoms with E-state index in [1.807, 2.05) is 13.8 Å². The number of thiocarbonyl (C=S) groups is 1. The predicted octanol–water partition coefficient (Wildman–Crippen LogP) is 4.91. The molecular formula is C24H31N3O3S2. The highest BCUT2D eigenvalue weighted by Gasteiger charge is 2.33. The molecule has 3 rings (SSSR count). The molecule has 0 spiro atoms. The highest BCUT2D eigenvalue weighted by molar-refractivity contribution is 7.80. The summed E-state index contributed by atoms with van der Waals surface area (Å²) in [6.45, 7) is 10.6. The lowest BCUT2D eigenvalue weighted by molar-refractivity contribution is 0.0975. The molecular weight excluding hydrogens is 442 g/mol. The number of primary amides is 1. The maximum Gasteiger partial charge on any atom is 0.257 e. The first-order valence-corrected chi connectivity index (χ1v) is 12.0. The number of benzene rings is 1. The molecule has 1 heterocycles. The molecule has 1 aromatic carbocycles. The molecule has 6 nitrogen and oxygen atoms in total. The number of ether oxygens (including phenoxy) is 1. The lowest BCUT2D eigenvalue weighted by Gasteiger charge is -2.33. The van der Waals surface area contributed by atoms with E-state index in [9.17, 15) is 9.59 Å². The van der Waals surface area contributed by atoms with Crippen molar-refractivity contribution in [3.8, 4) is 5.75 Å². The van der Waals surface area contributed by atoms with E-state index < -0.39 is 5.91 Å². The van der Waals surface area contributed by atoms with Gasteiger partial charge in [0.15, 0.2) is 5.11 Å². The van der Waals surface area contributed by atoms with Crippen molar-refractivity contribution < 1.29 is 14.3 Å². The molecule has 0 bridgehead atoms. The molecule has 2 amide bonds. The van der Waals surface area contributed by atoms with Gasteiger partial charge >= 0.3 is 0 Å². The van der Waals surface area contributed by atoms with Crippen LogP contribution in [-0.4, -0.2) is 23.0 Å². The summed E-state index contributed by atoms with van der Waals surface area (Å²) in [7, 11) is 0. The largest absolute Gasteiger partial charge is 0.491 e. The number of rotatable bonds is 5. The smallest absolute Gasteiger partial charge is 0.257 e. The van der Waals surface area contributed by atoms with Gasteiger partial charge in [0, 0.05) is 10.4 Å². The first kappa shape index (κ1) is 24.2. The number of hydrogen-bond acceptors (Lipinski definition) is 5. The maximum atomic E-state index is 12.6. The van der Waals surface area contributed by atoms with Crippen LogP contribution in [0.4, 0.5) is 5.00 Å². The molecule has 0 aliphatic heterocycles. The number of carbonyl (C=O) groups excluding carboxylic acids is 2. The first-order valence-electron chi connectivity index (χ1n) is 10.8. The zero-order valence-electron chi connectivity index (χ0n) is 19.2. The van der Waals surface area contributed by atoms with Gasteiger partial charge in [-0.2, -0.15) is 0 Å². The number of carbonyl (C=O) groups is 2. The van der Waals surface area contributed by atoms with E-state index in [4.69, 9.17) is 22.7 Å². The quantitative estimate of drug-likeness (QED) is 0.537. The van der Waals surface area contributed by atoms with Crippen LogP contribution in [0.1, 0.15) is 72.2 Å². The fraction of sp³-hybridized carbons (Fsp3) is 0.458. The van der Waals surface area contributed by atoms with Gasteiger partial charge in [-0.1, -0.05) is 20.8 Å². The second kappa shape index (κ2) is 9.58. The Bertz CT molecular complexity index is 1020. The van der Waals surface area contributed by atoms with Gasteiger partial charge in [0.1, 0.15) is 10.8 Å². The van der Waals surface area contributed by atoms with Gasteiger partial charge in [0.2, 0.25) is 0 Å². The van der Waals surface area contributed by atoms with Crippen LogP contribution in [0.15, 0.2) is 24.3 Å². The average molecular weight is 474 g/mol. The lowest BCUT2D eigenvalue weighted by atomic mass is 9.72. The van der Waals surface area contributed by atoms with Gasteiger partial charge in [-0.3, -0.25) is 14.9 Å². The fourth-order valence-electron chi connectivity index (χ4n) is 3.94. The summed E-state index contributed by atoms with van der Waals surface area (Å²) in [5, 5.41) is 6.44. The third-order valence-corrected chi connectivity index (χ3v) is 7.05. The van der Waals surface area contributed by atoms with Crippen molar-refractivity contribution in [1.82, 2.24) is 5.32 Å². The van der Waals surface area contributed by atoms with Crippen molar-refractivity contribution >= 4 is 45.5 Å². The summed E-state index contributed by atoms with van der Waals surface area (Å²) < 4.78 is 5.60. The number of fused-ring (bicyclic) bond motifs is 1. The summed E-state index contributed by atoms with van der Waals surface area (Å²) in [5.41, 5.74) is 7.86. The van der Waals surface area contributed by atoms with E-state index in [-0.39, 0.29) is 22.5 Å². The summed E-state index contributed by atoms with van der Waals surface area (Å²) in [5.74, 6) is 0.417. The highest BCUT2D eigenvalue weighted by Crippen LogP contribution is 2.44. The van der Waals surface area contributed by atoms with E-state index >= 15 is 0 Å². The van der Waals surface area contributed by atoms with Gasteiger partial charge in [0.05, 0.1) is 11.7 Å². The van der Waals surface area contributed by atoms with Crippen LogP contribution in [0.5, 0.6) is 5.75 Å². The molecule has 0 fully saturated rings. The minimum atomic E-state index is -0.478. The van der Waals surface area contributed by atoms with E-state index in [1.165, 1.54) is 16.2 Å². The fourth-order valence-corrected chi connectivity index (χ4v) is 5.54. The van der Waals surface area contributed by atoms with E-state index in [0.717, 1.165) is 24.8 Å². The van der Waals surface area contributed by atoms with Crippen LogP contribution < -0.4 is 21.1 Å². The Kier molecular flexibility index (Phi) is 7.25. The van der Waals surface area contributed by atoms with Crippen LogP contribution in [0.2, 0.25) is 0 Å². The summed E-state index contributed by atoms with van der Waals surface area (Å²) in [4.78, 5) is 26.0. The number of amides is 2. The molecule has 0 saturated heterocycles. The molecule has 4 N–H and O–H groups in total. The van der Waals surface area contributed by atoms with Crippen LogP contribution in [0.25, 0.3) is 0 Å². The van der Waals surface area contributed by atoms with Crippen molar-refractivity contribution in [3.63, 3.8) is 0 Å². The second-order valence-corrected chi connectivity index (χ2v) is 11.0. The minimum absolute atomic E-state index is 0.0567. The molecule has 8 heteroatoms. The van der Waals surface area contributed by atoms with Crippen LogP contribution in [0, 0.1) is 11.3 Å². The normalized spacial score (nSPS) is 15.8. The highest BCUT2D eigenvalue weighted by atomic mass is 32.1. The predicted molar refractivity (Wildman–Crippen MR) is 134 cm³/mol. The Morgan fingerprint density at radius 3 is 2.44 bits per heavy atom. The zero-order chi connectivity index (χ0) is 23.6. The van der Waals surface area contributed by atoms with E-state index in [0.29, 0.717) is 27.8 Å². The van der Waals surface area contributed by atoms with E-state index in [1.54, 1.807) is 24.3 Å². The number of hydrogen-bond donors (Lipinski definition) is 3. The number of nitrogens with one attached hydrogen (secondary N) is 2. The topological polar surface area (TPSA) is 93.4 Å². The molecule has 1 atom stereocenters. The zero-order valence-corrected chi connectivity index (χ0v) is 20.8. The van der Waals surface area contributed by atoms with E-state index in [2.05, 4.69) is 31.4 Å². The third-order valence-electron chi connectivity index (χ3n) is 5.68. The van der Waals surface area contributed by atoms with Crippen molar-refractivity contribution in [2.24, 2.45) is 17.1 Å². The maximum absolute atomic E-state index is 12.6. The molecule has 2 aromatic rings. The first-order chi connectivity index (χ1) is 15.0. The number of nitrogens with two attached hydrogens (primary N) is 1. The van der Waals surface area contributed by atoms with Crippen molar-refractivity contribution in [2.45, 2.75) is 60.0 Å². The monoisotopic (exact) mass is 473 g/mol. The molecule has 0 saturated carbocycles. The molecule has 1 aromatic heterocycles. The minimum Gasteiger partial charge on any atom is -0.491 e. The Balaban J connectivity index is 1.71. The van der Waals surface area contributed by atoms with Gasteiger partial charge in [-0.15, -0.1) is 11.3 Å². The van der Waals surface area contributed by atoms with Gasteiger partial charge < -0.3 is 15.8 Å². The van der Waals surface area contributed by atoms with Gasteiger partial charge in [0.25, 0.3) is 11.8 Å². The van der Waals surface area contributed by atoms with Crippen molar-refractivity contribution in [1.29, 1.82) is 0 Å². The second-order valence-electron chi connectivity index (χ2n) is 9.48. The molecule has 32 heavy (non-hydrogen) atoms. The van der Waals surface area contributed by atoms with Crippen molar-refractivity contribution in [2.75, 3.05) is 5.32 Å². The Morgan fingerprint density at radius 1 is 1.22 bits per heavy atom. The Labute approximate surface area is 198 Å². The molecule has 1 aliphatic rings. The SMILES string of the molecule is CC(C)Oc1ccc(C(=O)NC(=S)Nc2sc3c(c2C(N)=O)CC[C@@H](C(C)(C)C)C3)cc1. The molecule has 172 valence electrons. The summed E-state index contributed by atoms with van der Waals surface area (Å²) >= 11 is 6.85. The van der Waals surface area contributed by atoms with Gasteiger partial charge in [-0.05, 0) is 86.5 Å². The summed E-state index contributed by atoms with van der Waals surface area (Å²) in [6.07, 6.45) is 2.80. The molecule has 0 unspecified atom stereocenters. The van der Waals surface area contributed by atoms with Gasteiger partial charge in [-0.25, -0.2) is 0 Å². The van der Waals surface area contributed by atoms with Crippen LogP contribution in [-0.2, 0) is 12.8 Å². The Morgan fingerprint density at radius 2 is 1.88 bits per heavy atom. The average Bonchev–Trinajstić information content (AvgIpc) is 3.04. The standard InChI is InChI=1S/C24H31N3O3S2/c1-13(2)30-16-9-6-14(7-10-16)21(29)26-23(31)27-22-19(20(25)28)17-11-8-15(24(3,4)5)12-18(17)32-22/h6-7,9-10,13,15H,8,11-12H2,1-5H3,(H2,25,28)(H2,26,27,29,31)/t15-/m1/s1. The Hall–Kier alpha value is -2.45. The lowest BCUT2D eigenvalue weighted by Crippen LogP contribution is -2.34. The number of anilines is 1. The third kappa shape index (κ3) is 5.66. The summed E-state index contributed by atoms with van der Waals surface area (Å²) in [6, 6.07) is 6.85.